The van der Waals surface area contributed by atoms with Gasteiger partial charge in [0.05, 0.1) is 18.1 Å². The molecule has 0 aliphatic heterocycles. The lowest BCUT2D eigenvalue weighted by atomic mass is 10.3. The van der Waals surface area contributed by atoms with Crippen LogP contribution in [0.2, 0.25) is 0 Å². The summed E-state index contributed by atoms with van der Waals surface area (Å²) in [5.41, 5.74) is -0.265. The predicted octanol–water partition coefficient (Wildman–Crippen LogP) is 0.865. The summed E-state index contributed by atoms with van der Waals surface area (Å²) in [7, 11) is -3.21. The second kappa shape index (κ2) is 4.24. The molecule has 1 aromatic carbocycles. The largest absolute Gasteiger partial charge is 0.448 e. The van der Waals surface area contributed by atoms with Crippen molar-refractivity contribution in [2.24, 2.45) is 0 Å². The molecule has 0 spiro atoms. The van der Waals surface area contributed by atoms with E-state index >= 15 is 0 Å². The van der Waals surface area contributed by atoms with Crippen molar-refractivity contribution in [2.75, 3.05) is 7.11 Å². The van der Waals surface area contributed by atoms with Crippen molar-refractivity contribution in [1.29, 1.82) is 0 Å². The van der Waals surface area contributed by atoms with Crippen molar-refractivity contribution in [3.05, 3.63) is 34.4 Å². The van der Waals surface area contributed by atoms with Crippen LogP contribution in [-0.2, 0) is 14.6 Å². The Bertz CT molecular complexity index is 468. The van der Waals surface area contributed by atoms with Gasteiger partial charge in [-0.15, -0.1) is 0 Å². The Morgan fingerprint density at radius 2 is 2.07 bits per heavy atom. The van der Waals surface area contributed by atoms with Gasteiger partial charge in [0.25, 0.3) is 5.69 Å². The number of nitro groups is 1. The number of non-ortho nitro benzene ring substituents is 1. The van der Waals surface area contributed by atoms with Crippen LogP contribution in [0.15, 0.2) is 24.3 Å². The summed E-state index contributed by atoms with van der Waals surface area (Å²) < 4.78 is 30.1. The summed E-state index contributed by atoms with van der Waals surface area (Å²) in [4.78, 5) is 9.70. The Hall–Kier alpha value is -1.67. The maximum Gasteiger partial charge on any atom is 0.448 e. The van der Waals surface area contributed by atoms with Crippen molar-refractivity contribution in [3.63, 3.8) is 0 Å². The molecular formula is C7H7NO6S. The highest BCUT2D eigenvalue weighted by Crippen LogP contribution is 2.20. The Kier molecular flexibility index (Phi) is 3.22. The Labute approximate surface area is 85.7 Å². The summed E-state index contributed by atoms with van der Waals surface area (Å²) >= 11 is 0. The van der Waals surface area contributed by atoms with Crippen LogP contribution in [0, 0.1) is 10.1 Å². The van der Waals surface area contributed by atoms with Crippen LogP contribution in [0.25, 0.3) is 0 Å². The van der Waals surface area contributed by atoms with Crippen LogP contribution >= 0.6 is 0 Å². The SMILES string of the molecule is COS(=O)(=O)Oc1cccc([N+](=O)[O-])c1. The standard InChI is InChI=1S/C7H7NO6S/c1-13-15(11,12)14-7-4-2-3-6(5-7)8(9)10/h2-5H,1H3. The fraction of sp³-hybridized carbons (Fsp3) is 0.143. The zero-order chi connectivity index (χ0) is 11.5. The normalized spacial score (nSPS) is 11.0. The van der Waals surface area contributed by atoms with Crippen LogP contribution in [-0.4, -0.2) is 20.5 Å². The van der Waals surface area contributed by atoms with Gasteiger partial charge in [-0.25, -0.2) is 4.18 Å². The molecule has 0 fully saturated rings. The van der Waals surface area contributed by atoms with Gasteiger partial charge in [0.1, 0.15) is 0 Å². The maximum atomic E-state index is 10.8. The van der Waals surface area contributed by atoms with Crippen LogP contribution in [0.1, 0.15) is 0 Å². The molecule has 0 radical (unpaired) electrons. The molecule has 0 aromatic heterocycles. The van der Waals surface area contributed by atoms with E-state index in [1.54, 1.807) is 0 Å². The molecule has 0 saturated heterocycles. The molecule has 7 nitrogen and oxygen atoms in total. The molecule has 82 valence electrons. The molecule has 1 rings (SSSR count). The fourth-order valence-electron chi connectivity index (χ4n) is 0.801. The van der Waals surface area contributed by atoms with E-state index < -0.39 is 15.3 Å². The number of hydrogen-bond donors (Lipinski definition) is 0. The van der Waals surface area contributed by atoms with E-state index in [0.29, 0.717) is 0 Å². The minimum atomic E-state index is -4.14. The van der Waals surface area contributed by atoms with E-state index in [1.165, 1.54) is 18.2 Å². The lowest BCUT2D eigenvalue weighted by Gasteiger charge is -2.02. The van der Waals surface area contributed by atoms with Gasteiger partial charge in [0.2, 0.25) is 0 Å². The third kappa shape index (κ3) is 3.18. The molecule has 0 atom stereocenters. The third-order valence-corrected chi connectivity index (χ3v) is 2.24. The summed E-state index contributed by atoms with van der Waals surface area (Å²) in [6.45, 7) is 0. The van der Waals surface area contributed by atoms with Crippen molar-refractivity contribution >= 4 is 16.1 Å². The van der Waals surface area contributed by atoms with E-state index in [-0.39, 0.29) is 11.4 Å². The summed E-state index contributed by atoms with van der Waals surface area (Å²) in [5, 5.41) is 10.4. The molecule has 0 amide bonds. The lowest BCUT2D eigenvalue weighted by Crippen LogP contribution is -2.10. The Morgan fingerprint density at radius 3 is 2.60 bits per heavy atom. The smallest absolute Gasteiger partial charge is 0.361 e. The monoisotopic (exact) mass is 233 g/mol. The van der Waals surface area contributed by atoms with Gasteiger partial charge in [-0.05, 0) is 6.07 Å². The summed E-state index contributed by atoms with van der Waals surface area (Å²) in [6, 6.07) is 4.77. The van der Waals surface area contributed by atoms with Gasteiger partial charge < -0.3 is 4.18 Å². The molecule has 0 heterocycles. The van der Waals surface area contributed by atoms with Gasteiger partial charge >= 0.3 is 10.4 Å². The van der Waals surface area contributed by atoms with Gasteiger partial charge in [-0.1, -0.05) is 6.07 Å². The maximum absolute atomic E-state index is 10.8. The first kappa shape index (κ1) is 11.4. The third-order valence-electron chi connectivity index (χ3n) is 1.43. The molecule has 0 unspecified atom stereocenters. The Balaban J connectivity index is 2.97. The average Bonchev–Trinajstić information content (AvgIpc) is 2.17. The van der Waals surface area contributed by atoms with Crippen LogP contribution in [0.5, 0.6) is 5.75 Å². The number of nitro benzene ring substituents is 1. The minimum Gasteiger partial charge on any atom is -0.361 e. The Morgan fingerprint density at radius 1 is 1.40 bits per heavy atom. The minimum absolute atomic E-state index is 0.175. The van der Waals surface area contributed by atoms with E-state index in [2.05, 4.69) is 8.37 Å². The van der Waals surface area contributed by atoms with Crippen molar-refractivity contribution in [1.82, 2.24) is 0 Å². The highest BCUT2D eigenvalue weighted by atomic mass is 32.3. The number of hydrogen-bond acceptors (Lipinski definition) is 6. The van der Waals surface area contributed by atoms with Crippen molar-refractivity contribution < 1.29 is 21.7 Å². The highest BCUT2D eigenvalue weighted by Gasteiger charge is 2.13. The van der Waals surface area contributed by atoms with Crippen LogP contribution in [0.3, 0.4) is 0 Å². The zero-order valence-corrected chi connectivity index (χ0v) is 8.43. The van der Waals surface area contributed by atoms with Gasteiger partial charge in [-0.3, -0.25) is 10.1 Å². The molecule has 0 aliphatic rings. The van der Waals surface area contributed by atoms with Crippen LogP contribution in [0.4, 0.5) is 5.69 Å². The van der Waals surface area contributed by atoms with Gasteiger partial charge in [-0.2, -0.15) is 8.42 Å². The average molecular weight is 233 g/mol. The molecular weight excluding hydrogens is 226 g/mol. The molecule has 1 aromatic rings. The number of benzene rings is 1. The quantitative estimate of drug-likeness (QED) is 0.565. The lowest BCUT2D eigenvalue weighted by molar-refractivity contribution is -0.384. The highest BCUT2D eigenvalue weighted by molar-refractivity contribution is 7.82. The first-order chi connectivity index (χ1) is 6.94. The van der Waals surface area contributed by atoms with Crippen molar-refractivity contribution in [3.8, 4) is 5.75 Å². The first-order valence-electron chi connectivity index (χ1n) is 3.69. The second-order valence-electron chi connectivity index (χ2n) is 2.41. The van der Waals surface area contributed by atoms with Gasteiger partial charge in [0, 0.05) is 6.07 Å². The van der Waals surface area contributed by atoms with Crippen molar-refractivity contribution in [2.45, 2.75) is 0 Å². The van der Waals surface area contributed by atoms with E-state index in [9.17, 15) is 18.5 Å². The molecule has 0 bridgehead atoms. The van der Waals surface area contributed by atoms with Gasteiger partial charge in [0.15, 0.2) is 5.75 Å². The van der Waals surface area contributed by atoms with Crippen LogP contribution < -0.4 is 4.18 Å². The number of nitrogens with zero attached hydrogens (tertiary/aromatic N) is 1. The topological polar surface area (TPSA) is 95.7 Å². The fourth-order valence-corrected chi connectivity index (χ4v) is 1.21. The molecule has 0 N–H and O–H groups in total. The predicted molar refractivity (Wildman–Crippen MR) is 49.7 cm³/mol. The molecule has 15 heavy (non-hydrogen) atoms. The van der Waals surface area contributed by atoms with E-state index in [0.717, 1.165) is 13.2 Å². The summed E-state index contributed by atoms with van der Waals surface area (Å²) in [5.74, 6) is -0.175. The van der Waals surface area contributed by atoms with E-state index in [4.69, 9.17) is 0 Å². The molecule has 0 aliphatic carbocycles. The zero-order valence-electron chi connectivity index (χ0n) is 7.61. The first-order valence-corrected chi connectivity index (χ1v) is 5.02. The molecule has 0 saturated carbocycles. The second-order valence-corrected chi connectivity index (χ2v) is 3.73. The molecule has 8 heteroatoms. The summed E-state index contributed by atoms with van der Waals surface area (Å²) in [6.07, 6.45) is 0. The number of rotatable bonds is 4. The van der Waals surface area contributed by atoms with E-state index in [1.807, 2.05) is 0 Å².